The topological polar surface area (TPSA) is 21.3 Å². The number of nitrogens with one attached hydrogen (secondary N) is 1. The molecule has 1 N–H and O–H groups in total. The van der Waals surface area contributed by atoms with E-state index in [1.807, 2.05) is 12.1 Å². The molecule has 0 aromatic heterocycles. The van der Waals surface area contributed by atoms with Crippen LogP contribution in [0.2, 0.25) is 0 Å². The van der Waals surface area contributed by atoms with Gasteiger partial charge in [0.05, 0.1) is 6.61 Å². The van der Waals surface area contributed by atoms with E-state index < -0.39 is 0 Å². The van der Waals surface area contributed by atoms with Crippen molar-refractivity contribution in [3.63, 3.8) is 0 Å². The van der Waals surface area contributed by atoms with Crippen molar-refractivity contribution >= 4 is 15.9 Å². The van der Waals surface area contributed by atoms with Crippen LogP contribution >= 0.6 is 15.9 Å². The van der Waals surface area contributed by atoms with Crippen LogP contribution < -0.4 is 10.1 Å². The summed E-state index contributed by atoms with van der Waals surface area (Å²) >= 11 is 3.52. The molecule has 0 fully saturated rings. The molecule has 19 heavy (non-hydrogen) atoms. The predicted molar refractivity (Wildman–Crippen MR) is 85.7 cm³/mol. The summed E-state index contributed by atoms with van der Waals surface area (Å²) in [6, 6.07) is 6.21. The highest BCUT2D eigenvalue weighted by molar-refractivity contribution is 9.10. The monoisotopic (exact) mass is 327 g/mol. The number of halogens is 1. The van der Waals surface area contributed by atoms with Gasteiger partial charge >= 0.3 is 0 Å². The van der Waals surface area contributed by atoms with E-state index in [1.54, 1.807) is 0 Å². The zero-order valence-electron chi connectivity index (χ0n) is 12.7. The van der Waals surface area contributed by atoms with E-state index in [9.17, 15) is 0 Å². The molecule has 0 spiro atoms. The van der Waals surface area contributed by atoms with Crippen molar-refractivity contribution in [3.8, 4) is 5.75 Å². The van der Waals surface area contributed by atoms with Crippen molar-refractivity contribution in [2.24, 2.45) is 5.92 Å². The fourth-order valence-corrected chi connectivity index (χ4v) is 2.00. The Labute approximate surface area is 126 Å². The van der Waals surface area contributed by atoms with Gasteiger partial charge in [-0.3, -0.25) is 0 Å². The zero-order valence-corrected chi connectivity index (χ0v) is 14.3. The lowest BCUT2D eigenvalue weighted by atomic mass is 10.1. The van der Waals surface area contributed by atoms with Crippen molar-refractivity contribution in [3.05, 3.63) is 28.2 Å². The van der Waals surface area contributed by atoms with Crippen LogP contribution in [0.5, 0.6) is 5.75 Å². The van der Waals surface area contributed by atoms with Crippen LogP contribution in [0, 0.1) is 5.92 Å². The Balaban J connectivity index is 2.68. The molecule has 0 aliphatic heterocycles. The third-order valence-electron chi connectivity index (χ3n) is 2.78. The summed E-state index contributed by atoms with van der Waals surface area (Å²) in [6.07, 6.45) is 1.09. The number of hydrogen-bond donors (Lipinski definition) is 1. The average molecular weight is 328 g/mol. The second-order valence-electron chi connectivity index (χ2n) is 6.39. The second-order valence-corrected chi connectivity index (χ2v) is 7.30. The standard InChI is InChI=1S/C16H26BrNO/c1-12(2)8-9-19-15-7-6-14(17)10-13(15)11-18-16(3,4)5/h6-7,10,12,18H,8-9,11H2,1-5H3. The highest BCUT2D eigenvalue weighted by atomic mass is 79.9. The quantitative estimate of drug-likeness (QED) is 0.813. The van der Waals surface area contributed by atoms with Gasteiger partial charge in [-0.15, -0.1) is 0 Å². The molecule has 0 heterocycles. The van der Waals surface area contributed by atoms with Crippen LogP contribution in [0.25, 0.3) is 0 Å². The van der Waals surface area contributed by atoms with Gasteiger partial charge in [-0.05, 0) is 51.3 Å². The van der Waals surface area contributed by atoms with Crippen LogP contribution in [-0.4, -0.2) is 12.1 Å². The molecule has 3 heteroatoms. The van der Waals surface area contributed by atoms with Gasteiger partial charge in [-0.2, -0.15) is 0 Å². The first-order valence-corrected chi connectivity index (χ1v) is 7.73. The Hall–Kier alpha value is -0.540. The fraction of sp³-hybridized carbons (Fsp3) is 0.625. The maximum atomic E-state index is 5.91. The largest absolute Gasteiger partial charge is 0.493 e. The lowest BCUT2D eigenvalue weighted by Gasteiger charge is -2.22. The summed E-state index contributed by atoms with van der Waals surface area (Å²) < 4.78 is 7.00. The van der Waals surface area contributed by atoms with Crippen LogP contribution in [0.1, 0.15) is 46.6 Å². The van der Waals surface area contributed by atoms with Crippen LogP contribution in [0.4, 0.5) is 0 Å². The van der Waals surface area contributed by atoms with Gasteiger partial charge in [0.15, 0.2) is 0 Å². The maximum Gasteiger partial charge on any atom is 0.123 e. The SMILES string of the molecule is CC(C)CCOc1ccc(Br)cc1CNC(C)(C)C. The van der Waals surface area contributed by atoms with Gasteiger partial charge in [0, 0.05) is 22.1 Å². The molecule has 0 aliphatic rings. The molecule has 108 valence electrons. The zero-order chi connectivity index (χ0) is 14.5. The Morgan fingerprint density at radius 2 is 1.95 bits per heavy atom. The van der Waals surface area contributed by atoms with Crippen LogP contribution in [-0.2, 0) is 6.54 Å². The molecule has 0 unspecified atom stereocenters. The number of hydrogen-bond acceptors (Lipinski definition) is 2. The Morgan fingerprint density at radius 3 is 2.53 bits per heavy atom. The van der Waals surface area contributed by atoms with Crippen molar-refractivity contribution in [2.75, 3.05) is 6.61 Å². The van der Waals surface area contributed by atoms with Crippen molar-refractivity contribution < 1.29 is 4.74 Å². The lowest BCUT2D eigenvalue weighted by molar-refractivity contribution is 0.285. The Bertz CT molecular complexity index is 396. The minimum Gasteiger partial charge on any atom is -0.493 e. The molecule has 1 aromatic rings. The molecule has 1 aromatic carbocycles. The second kappa shape index (κ2) is 7.30. The van der Waals surface area contributed by atoms with E-state index in [0.717, 1.165) is 29.8 Å². The van der Waals surface area contributed by atoms with Gasteiger partial charge in [0.1, 0.15) is 5.75 Å². The first kappa shape index (κ1) is 16.5. The van der Waals surface area contributed by atoms with E-state index in [4.69, 9.17) is 4.74 Å². The third-order valence-corrected chi connectivity index (χ3v) is 3.28. The summed E-state index contributed by atoms with van der Waals surface area (Å²) in [7, 11) is 0. The van der Waals surface area contributed by atoms with E-state index in [1.165, 1.54) is 5.56 Å². The minimum absolute atomic E-state index is 0.109. The van der Waals surface area contributed by atoms with E-state index in [-0.39, 0.29) is 5.54 Å². The van der Waals surface area contributed by atoms with Gasteiger partial charge in [-0.1, -0.05) is 29.8 Å². The van der Waals surface area contributed by atoms with Gasteiger partial charge in [0.25, 0.3) is 0 Å². The molecule has 0 bridgehead atoms. The highest BCUT2D eigenvalue weighted by Crippen LogP contribution is 2.24. The first-order chi connectivity index (χ1) is 8.78. The first-order valence-electron chi connectivity index (χ1n) is 6.94. The smallest absolute Gasteiger partial charge is 0.123 e. The highest BCUT2D eigenvalue weighted by Gasteiger charge is 2.11. The van der Waals surface area contributed by atoms with Crippen molar-refractivity contribution in [1.82, 2.24) is 5.32 Å². The van der Waals surface area contributed by atoms with Crippen molar-refractivity contribution in [1.29, 1.82) is 0 Å². The Kier molecular flexibility index (Phi) is 6.34. The van der Waals surface area contributed by atoms with E-state index >= 15 is 0 Å². The summed E-state index contributed by atoms with van der Waals surface area (Å²) in [4.78, 5) is 0. The molecule has 0 amide bonds. The maximum absolute atomic E-state index is 5.91. The van der Waals surface area contributed by atoms with Gasteiger partial charge < -0.3 is 10.1 Å². The van der Waals surface area contributed by atoms with Gasteiger partial charge in [0.2, 0.25) is 0 Å². The molecular formula is C16H26BrNO. The van der Waals surface area contributed by atoms with Crippen molar-refractivity contribution in [2.45, 2.75) is 53.1 Å². The molecule has 0 aliphatic carbocycles. The van der Waals surface area contributed by atoms with Crippen LogP contribution in [0.15, 0.2) is 22.7 Å². The normalized spacial score (nSPS) is 11.9. The fourth-order valence-electron chi connectivity index (χ4n) is 1.59. The summed E-state index contributed by atoms with van der Waals surface area (Å²) in [6.45, 7) is 12.5. The predicted octanol–water partition coefficient (Wildman–Crippen LogP) is 4.76. The summed E-state index contributed by atoms with van der Waals surface area (Å²) in [5.41, 5.74) is 1.31. The molecule has 2 nitrogen and oxygen atoms in total. The molecule has 0 atom stereocenters. The summed E-state index contributed by atoms with van der Waals surface area (Å²) in [5.74, 6) is 1.66. The van der Waals surface area contributed by atoms with E-state index in [2.05, 4.69) is 61.9 Å². The number of rotatable bonds is 6. The number of benzene rings is 1. The molecular weight excluding hydrogens is 302 g/mol. The van der Waals surface area contributed by atoms with Gasteiger partial charge in [-0.25, -0.2) is 0 Å². The third kappa shape index (κ3) is 6.98. The van der Waals surface area contributed by atoms with E-state index in [0.29, 0.717) is 5.92 Å². The molecule has 0 saturated carbocycles. The minimum atomic E-state index is 0.109. The molecule has 0 radical (unpaired) electrons. The average Bonchev–Trinajstić information content (AvgIpc) is 2.27. The number of ether oxygens (including phenoxy) is 1. The molecule has 0 saturated heterocycles. The Morgan fingerprint density at radius 1 is 1.26 bits per heavy atom. The van der Waals surface area contributed by atoms with Crippen LogP contribution in [0.3, 0.4) is 0 Å². The molecule has 1 rings (SSSR count). The lowest BCUT2D eigenvalue weighted by Crippen LogP contribution is -2.35. The summed E-state index contributed by atoms with van der Waals surface area (Å²) in [5, 5.41) is 3.50.